The van der Waals surface area contributed by atoms with Gasteiger partial charge >= 0.3 is 5.97 Å². The molecule has 0 aromatic carbocycles. The molecule has 0 saturated carbocycles. The highest BCUT2D eigenvalue weighted by Crippen LogP contribution is 2.17. The minimum Gasteiger partial charge on any atom is -0.481 e. The lowest BCUT2D eigenvalue weighted by Gasteiger charge is -2.14. The molecule has 14 heavy (non-hydrogen) atoms. The van der Waals surface area contributed by atoms with Crippen molar-refractivity contribution in [2.24, 2.45) is 11.7 Å². The summed E-state index contributed by atoms with van der Waals surface area (Å²) in [5, 5.41) is 8.71. The van der Waals surface area contributed by atoms with Gasteiger partial charge in [-0.2, -0.15) is 0 Å². The van der Waals surface area contributed by atoms with Gasteiger partial charge in [-0.1, -0.05) is 6.92 Å². The minimum absolute atomic E-state index is 0.232. The highest BCUT2D eigenvalue weighted by Gasteiger charge is 2.16. The SMILES string of the molecule is CC(CC(N)c1ccncc1)C(=O)O. The molecule has 3 N–H and O–H groups in total. The predicted molar refractivity (Wildman–Crippen MR) is 52.6 cm³/mol. The summed E-state index contributed by atoms with van der Waals surface area (Å²) >= 11 is 0. The summed E-state index contributed by atoms with van der Waals surface area (Å²) in [6.07, 6.45) is 3.75. The second kappa shape index (κ2) is 4.72. The summed E-state index contributed by atoms with van der Waals surface area (Å²) in [7, 11) is 0. The molecule has 1 rings (SSSR count). The first-order valence-electron chi connectivity index (χ1n) is 4.49. The van der Waals surface area contributed by atoms with Crippen molar-refractivity contribution in [3.63, 3.8) is 0 Å². The van der Waals surface area contributed by atoms with Gasteiger partial charge < -0.3 is 10.8 Å². The standard InChI is InChI=1S/C10H14N2O2/c1-7(10(13)14)6-9(11)8-2-4-12-5-3-8/h2-5,7,9H,6,11H2,1H3,(H,13,14). The number of carboxylic acids is 1. The second-order valence-electron chi connectivity index (χ2n) is 3.36. The van der Waals surface area contributed by atoms with Crippen molar-refractivity contribution in [2.45, 2.75) is 19.4 Å². The Morgan fingerprint density at radius 1 is 1.57 bits per heavy atom. The number of aliphatic carboxylic acids is 1. The number of rotatable bonds is 4. The average Bonchev–Trinajstić information content (AvgIpc) is 2.19. The fourth-order valence-electron chi connectivity index (χ4n) is 1.23. The zero-order chi connectivity index (χ0) is 10.6. The van der Waals surface area contributed by atoms with E-state index >= 15 is 0 Å². The van der Waals surface area contributed by atoms with Crippen molar-refractivity contribution in [3.05, 3.63) is 30.1 Å². The Bertz CT molecular complexity index is 300. The van der Waals surface area contributed by atoms with E-state index in [9.17, 15) is 4.79 Å². The van der Waals surface area contributed by atoms with Crippen LogP contribution in [0.25, 0.3) is 0 Å². The van der Waals surface area contributed by atoms with Gasteiger partial charge in [0.15, 0.2) is 0 Å². The van der Waals surface area contributed by atoms with Gasteiger partial charge in [0.05, 0.1) is 5.92 Å². The van der Waals surface area contributed by atoms with Crippen LogP contribution in [0.2, 0.25) is 0 Å². The molecule has 1 heterocycles. The number of carboxylic acid groups (broad SMARTS) is 1. The van der Waals surface area contributed by atoms with Gasteiger partial charge in [0.25, 0.3) is 0 Å². The molecule has 0 bridgehead atoms. The Balaban J connectivity index is 2.59. The maximum absolute atomic E-state index is 10.6. The molecule has 4 heteroatoms. The van der Waals surface area contributed by atoms with E-state index in [0.717, 1.165) is 5.56 Å². The van der Waals surface area contributed by atoms with Crippen LogP contribution in [0.3, 0.4) is 0 Å². The van der Waals surface area contributed by atoms with Crippen LogP contribution in [-0.4, -0.2) is 16.1 Å². The van der Waals surface area contributed by atoms with Crippen LogP contribution in [0.5, 0.6) is 0 Å². The van der Waals surface area contributed by atoms with Crippen molar-refractivity contribution >= 4 is 5.97 Å². The van der Waals surface area contributed by atoms with E-state index in [-0.39, 0.29) is 6.04 Å². The fourth-order valence-corrected chi connectivity index (χ4v) is 1.23. The van der Waals surface area contributed by atoms with Gasteiger partial charge in [0.2, 0.25) is 0 Å². The molecule has 0 radical (unpaired) electrons. The van der Waals surface area contributed by atoms with Crippen molar-refractivity contribution in [3.8, 4) is 0 Å². The van der Waals surface area contributed by atoms with Crippen LogP contribution < -0.4 is 5.73 Å². The molecule has 0 aliphatic carbocycles. The summed E-state index contributed by atoms with van der Waals surface area (Å²) < 4.78 is 0. The summed E-state index contributed by atoms with van der Waals surface area (Å²) in [5.41, 5.74) is 6.77. The number of nitrogens with zero attached hydrogens (tertiary/aromatic N) is 1. The first kappa shape index (κ1) is 10.7. The molecule has 4 nitrogen and oxygen atoms in total. The lowest BCUT2D eigenvalue weighted by Crippen LogP contribution is -2.19. The normalized spacial score (nSPS) is 14.7. The number of nitrogens with two attached hydrogens (primary N) is 1. The van der Waals surface area contributed by atoms with Crippen LogP contribution in [-0.2, 0) is 4.79 Å². The number of hydrogen-bond acceptors (Lipinski definition) is 3. The van der Waals surface area contributed by atoms with Gasteiger partial charge in [-0.25, -0.2) is 0 Å². The van der Waals surface area contributed by atoms with E-state index < -0.39 is 11.9 Å². The van der Waals surface area contributed by atoms with Crippen molar-refractivity contribution in [1.82, 2.24) is 4.98 Å². The number of hydrogen-bond donors (Lipinski definition) is 2. The van der Waals surface area contributed by atoms with Crippen molar-refractivity contribution in [2.75, 3.05) is 0 Å². The van der Waals surface area contributed by atoms with Crippen molar-refractivity contribution in [1.29, 1.82) is 0 Å². The van der Waals surface area contributed by atoms with E-state index in [1.165, 1.54) is 0 Å². The quantitative estimate of drug-likeness (QED) is 0.754. The van der Waals surface area contributed by atoms with Crippen LogP contribution in [0.1, 0.15) is 24.9 Å². The highest BCUT2D eigenvalue weighted by molar-refractivity contribution is 5.69. The molecule has 76 valence electrons. The third-order valence-electron chi connectivity index (χ3n) is 2.16. The molecule has 0 fully saturated rings. The molecule has 2 atom stereocenters. The lowest BCUT2D eigenvalue weighted by molar-refractivity contribution is -0.141. The van der Waals surface area contributed by atoms with Crippen LogP contribution in [0.4, 0.5) is 0 Å². The van der Waals surface area contributed by atoms with Gasteiger partial charge in [-0.15, -0.1) is 0 Å². The molecule has 0 saturated heterocycles. The fraction of sp³-hybridized carbons (Fsp3) is 0.400. The molecule has 0 aliphatic heterocycles. The van der Waals surface area contributed by atoms with Gasteiger partial charge in [-0.3, -0.25) is 9.78 Å². The predicted octanol–water partition coefficient (Wildman–Crippen LogP) is 1.19. The Morgan fingerprint density at radius 3 is 2.64 bits per heavy atom. The second-order valence-corrected chi connectivity index (χ2v) is 3.36. The monoisotopic (exact) mass is 194 g/mol. The molecule has 0 amide bonds. The van der Waals surface area contributed by atoms with Crippen LogP contribution in [0.15, 0.2) is 24.5 Å². The number of pyridine rings is 1. The summed E-state index contributed by atoms with van der Waals surface area (Å²) in [5.74, 6) is -1.23. The zero-order valence-electron chi connectivity index (χ0n) is 8.05. The van der Waals surface area contributed by atoms with Gasteiger partial charge in [0, 0.05) is 18.4 Å². The Labute approximate surface area is 82.8 Å². The average molecular weight is 194 g/mol. The maximum Gasteiger partial charge on any atom is 0.306 e. The Hall–Kier alpha value is -1.42. The molecule has 0 spiro atoms. The molecule has 2 unspecified atom stereocenters. The lowest BCUT2D eigenvalue weighted by atomic mass is 9.97. The van der Waals surface area contributed by atoms with Crippen molar-refractivity contribution < 1.29 is 9.90 Å². The van der Waals surface area contributed by atoms with E-state index in [1.807, 2.05) is 0 Å². The molecular weight excluding hydrogens is 180 g/mol. The van der Waals surface area contributed by atoms with Gasteiger partial charge in [0.1, 0.15) is 0 Å². The van der Waals surface area contributed by atoms with E-state index in [0.29, 0.717) is 6.42 Å². The van der Waals surface area contributed by atoms with E-state index in [1.54, 1.807) is 31.5 Å². The van der Waals surface area contributed by atoms with Crippen LogP contribution in [0, 0.1) is 5.92 Å². The molecule has 1 aromatic heterocycles. The Kier molecular flexibility index (Phi) is 3.59. The molecule has 1 aromatic rings. The number of aromatic nitrogens is 1. The summed E-state index contributed by atoms with van der Waals surface area (Å²) in [6, 6.07) is 3.38. The largest absolute Gasteiger partial charge is 0.481 e. The first-order valence-corrected chi connectivity index (χ1v) is 4.49. The van der Waals surface area contributed by atoms with E-state index in [2.05, 4.69) is 4.98 Å². The van der Waals surface area contributed by atoms with Gasteiger partial charge in [-0.05, 0) is 24.1 Å². The first-order chi connectivity index (χ1) is 6.61. The smallest absolute Gasteiger partial charge is 0.306 e. The summed E-state index contributed by atoms with van der Waals surface area (Å²) in [6.45, 7) is 1.66. The van der Waals surface area contributed by atoms with E-state index in [4.69, 9.17) is 10.8 Å². The third kappa shape index (κ3) is 2.81. The number of carbonyl (C=O) groups is 1. The highest BCUT2D eigenvalue weighted by atomic mass is 16.4. The third-order valence-corrected chi connectivity index (χ3v) is 2.16. The summed E-state index contributed by atoms with van der Waals surface area (Å²) in [4.78, 5) is 14.5. The maximum atomic E-state index is 10.6. The molecule has 0 aliphatic rings. The zero-order valence-corrected chi connectivity index (χ0v) is 8.05. The molecular formula is C10H14N2O2. The topological polar surface area (TPSA) is 76.2 Å². The van der Waals surface area contributed by atoms with Crippen LogP contribution >= 0.6 is 0 Å². The Morgan fingerprint density at radius 2 is 2.14 bits per heavy atom. The minimum atomic E-state index is -0.811.